The molecule has 0 aromatic heterocycles. The van der Waals surface area contributed by atoms with Gasteiger partial charge in [0.15, 0.2) is 0 Å². The number of ether oxygens (including phenoxy) is 1. The maximum Gasteiger partial charge on any atom is 0.220 e. The Morgan fingerprint density at radius 1 is 1.17 bits per heavy atom. The van der Waals surface area contributed by atoms with Crippen molar-refractivity contribution in [2.75, 3.05) is 33.4 Å². The van der Waals surface area contributed by atoms with Crippen LogP contribution >= 0.6 is 12.4 Å². The molecule has 0 saturated carbocycles. The summed E-state index contributed by atoms with van der Waals surface area (Å²) < 4.78 is 4.90. The minimum absolute atomic E-state index is 0. The van der Waals surface area contributed by atoms with Gasteiger partial charge in [0.2, 0.25) is 5.91 Å². The maximum atomic E-state index is 11.5. The van der Waals surface area contributed by atoms with Gasteiger partial charge in [0, 0.05) is 33.2 Å². The van der Waals surface area contributed by atoms with Gasteiger partial charge in [-0.05, 0) is 18.3 Å². The van der Waals surface area contributed by atoms with Crippen LogP contribution in [0.3, 0.4) is 0 Å². The number of methoxy groups -OCH3 is 1. The molecule has 5 heteroatoms. The summed E-state index contributed by atoms with van der Waals surface area (Å²) in [5.41, 5.74) is 0.321. The maximum absolute atomic E-state index is 11.5. The number of hydrogen-bond donors (Lipinski definition) is 2. The first-order chi connectivity index (χ1) is 7.95. The minimum atomic E-state index is 0. The van der Waals surface area contributed by atoms with Crippen molar-refractivity contribution in [3.05, 3.63) is 0 Å². The number of amides is 1. The molecule has 0 atom stereocenters. The third-order valence-corrected chi connectivity index (χ3v) is 2.44. The lowest BCUT2D eigenvalue weighted by Gasteiger charge is -2.17. The van der Waals surface area contributed by atoms with E-state index in [1.807, 2.05) is 0 Å². The van der Waals surface area contributed by atoms with Crippen LogP contribution in [0.25, 0.3) is 0 Å². The van der Waals surface area contributed by atoms with E-state index in [1.165, 1.54) is 0 Å². The van der Waals surface area contributed by atoms with Crippen LogP contribution < -0.4 is 10.6 Å². The average Bonchev–Trinajstić information content (AvgIpc) is 2.21. The fourth-order valence-electron chi connectivity index (χ4n) is 1.46. The smallest absolute Gasteiger partial charge is 0.220 e. The molecule has 4 nitrogen and oxygen atoms in total. The van der Waals surface area contributed by atoms with Crippen molar-refractivity contribution in [3.8, 4) is 0 Å². The molecule has 0 aromatic carbocycles. The van der Waals surface area contributed by atoms with E-state index in [-0.39, 0.29) is 18.3 Å². The Balaban J connectivity index is 0. The minimum Gasteiger partial charge on any atom is -0.383 e. The first-order valence-electron chi connectivity index (χ1n) is 6.42. The molecular weight excluding hydrogens is 252 g/mol. The quantitative estimate of drug-likeness (QED) is 0.635. The molecule has 0 bridgehead atoms. The topological polar surface area (TPSA) is 50.4 Å². The van der Waals surface area contributed by atoms with Gasteiger partial charge in [-0.3, -0.25) is 4.79 Å². The van der Waals surface area contributed by atoms with Crippen molar-refractivity contribution in [2.24, 2.45) is 5.41 Å². The van der Waals surface area contributed by atoms with Gasteiger partial charge in [-0.25, -0.2) is 0 Å². The van der Waals surface area contributed by atoms with Gasteiger partial charge in [-0.15, -0.1) is 12.4 Å². The Kier molecular flexibility index (Phi) is 13.1. The van der Waals surface area contributed by atoms with E-state index in [4.69, 9.17) is 4.74 Å². The molecule has 2 N–H and O–H groups in total. The van der Waals surface area contributed by atoms with Gasteiger partial charge in [0.25, 0.3) is 0 Å². The van der Waals surface area contributed by atoms with E-state index in [9.17, 15) is 4.79 Å². The highest BCUT2D eigenvalue weighted by Crippen LogP contribution is 2.21. The molecule has 0 unspecified atom stereocenters. The molecule has 110 valence electrons. The third-order valence-electron chi connectivity index (χ3n) is 2.44. The zero-order valence-corrected chi connectivity index (χ0v) is 13.0. The van der Waals surface area contributed by atoms with Crippen molar-refractivity contribution in [3.63, 3.8) is 0 Å². The normalized spacial score (nSPS) is 10.9. The predicted molar refractivity (Wildman–Crippen MR) is 78.3 cm³/mol. The Bertz CT molecular complexity index is 206. The molecule has 1 amide bonds. The van der Waals surface area contributed by atoms with Crippen molar-refractivity contribution in [1.82, 2.24) is 10.6 Å². The second kappa shape index (κ2) is 11.8. The van der Waals surface area contributed by atoms with Crippen molar-refractivity contribution in [1.29, 1.82) is 0 Å². The van der Waals surface area contributed by atoms with E-state index >= 15 is 0 Å². The molecule has 0 aromatic rings. The largest absolute Gasteiger partial charge is 0.383 e. The summed E-state index contributed by atoms with van der Waals surface area (Å²) in [5, 5.41) is 6.09. The monoisotopic (exact) mass is 280 g/mol. The molecule has 0 radical (unpaired) electrons. The van der Waals surface area contributed by atoms with Crippen molar-refractivity contribution < 1.29 is 9.53 Å². The Morgan fingerprint density at radius 3 is 2.39 bits per heavy atom. The van der Waals surface area contributed by atoms with Gasteiger partial charge in [0.1, 0.15) is 0 Å². The van der Waals surface area contributed by atoms with E-state index in [0.29, 0.717) is 25.0 Å². The Hall–Kier alpha value is -0.320. The molecule has 0 heterocycles. The van der Waals surface area contributed by atoms with E-state index in [1.54, 1.807) is 7.11 Å². The number of hydrogen-bond acceptors (Lipinski definition) is 3. The first-order valence-corrected chi connectivity index (χ1v) is 6.42. The lowest BCUT2D eigenvalue weighted by molar-refractivity contribution is -0.121. The second-order valence-electron chi connectivity index (χ2n) is 5.51. The fraction of sp³-hybridized carbons (Fsp3) is 0.923. The Labute approximate surface area is 118 Å². The van der Waals surface area contributed by atoms with Crippen LogP contribution in [0.5, 0.6) is 0 Å². The lowest BCUT2D eigenvalue weighted by Crippen LogP contribution is -2.33. The Morgan fingerprint density at radius 2 is 1.83 bits per heavy atom. The SMILES string of the molecule is COCCNCCNC(=O)CCCC(C)(C)C.Cl. The first kappa shape index (κ1) is 20.0. The fourth-order valence-corrected chi connectivity index (χ4v) is 1.46. The van der Waals surface area contributed by atoms with E-state index < -0.39 is 0 Å². The average molecular weight is 281 g/mol. The van der Waals surface area contributed by atoms with Crippen LogP contribution in [-0.4, -0.2) is 39.3 Å². The van der Waals surface area contributed by atoms with Crippen molar-refractivity contribution >= 4 is 18.3 Å². The summed E-state index contributed by atoms with van der Waals surface area (Å²) >= 11 is 0. The number of nitrogens with one attached hydrogen (secondary N) is 2. The van der Waals surface area contributed by atoms with Gasteiger partial charge >= 0.3 is 0 Å². The zero-order valence-electron chi connectivity index (χ0n) is 12.2. The van der Waals surface area contributed by atoms with Gasteiger partial charge < -0.3 is 15.4 Å². The molecule has 0 saturated heterocycles. The highest BCUT2D eigenvalue weighted by Gasteiger charge is 2.10. The van der Waals surface area contributed by atoms with Crippen LogP contribution in [-0.2, 0) is 9.53 Å². The summed E-state index contributed by atoms with van der Waals surface area (Å²) in [6.45, 7) is 9.63. The molecule has 0 fully saturated rings. The number of halogens is 1. The standard InChI is InChI=1S/C13H28N2O2.ClH/c1-13(2,3)7-5-6-12(16)15-9-8-14-10-11-17-4;/h14H,5-11H2,1-4H3,(H,15,16);1H. The molecule has 0 aliphatic heterocycles. The summed E-state index contributed by atoms with van der Waals surface area (Å²) in [4.78, 5) is 11.5. The van der Waals surface area contributed by atoms with Crippen LogP contribution in [0, 0.1) is 5.41 Å². The third kappa shape index (κ3) is 15.7. The van der Waals surface area contributed by atoms with Crippen LogP contribution in [0.2, 0.25) is 0 Å². The summed E-state index contributed by atoms with van der Waals surface area (Å²) in [6, 6.07) is 0. The van der Waals surface area contributed by atoms with Gasteiger partial charge in [-0.2, -0.15) is 0 Å². The number of rotatable bonds is 9. The summed E-state index contributed by atoms with van der Waals surface area (Å²) in [6.07, 6.45) is 2.69. The van der Waals surface area contributed by atoms with Crippen LogP contribution in [0.4, 0.5) is 0 Å². The predicted octanol–water partition coefficient (Wildman–Crippen LogP) is 1.98. The van der Waals surface area contributed by atoms with Crippen LogP contribution in [0.1, 0.15) is 40.0 Å². The summed E-state index contributed by atoms with van der Waals surface area (Å²) in [5.74, 6) is 0.155. The van der Waals surface area contributed by atoms with E-state index in [2.05, 4.69) is 31.4 Å². The molecule has 0 rings (SSSR count). The van der Waals surface area contributed by atoms with Gasteiger partial charge in [-0.1, -0.05) is 20.8 Å². The molecule has 18 heavy (non-hydrogen) atoms. The highest BCUT2D eigenvalue weighted by molar-refractivity contribution is 5.85. The van der Waals surface area contributed by atoms with E-state index in [0.717, 1.165) is 25.9 Å². The zero-order chi connectivity index (χ0) is 13.1. The van der Waals surface area contributed by atoms with Crippen molar-refractivity contribution in [2.45, 2.75) is 40.0 Å². The van der Waals surface area contributed by atoms with Crippen LogP contribution in [0.15, 0.2) is 0 Å². The summed E-state index contributed by atoms with van der Waals surface area (Å²) in [7, 11) is 1.68. The van der Waals surface area contributed by atoms with Gasteiger partial charge in [0.05, 0.1) is 6.61 Å². The molecule has 0 aliphatic rings. The number of carbonyl (C=O) groups excluding carboxylic acids is 1. The molecule has 0 spiro atoms. The lowest BCUT2D eigenvalue weighted by atomic mass is 9.90. The molecular formula is C13H29ClN2O2. The second-order valence-corrected chi connectivity index (χ2v) is 5.51. The molecule has 0 aliphatic carbocycles. The highest BCUT2D eigenvalue weighted by atomic mass is 35.5. The number of carbonyl (C=O) groups is 1.